The molecule has 1 aromatic rings. The minimum Gasteiger partial charge on any atom is -0.389 e. The molecule has 3 N–H and O–H groups in total. The van der Waals surface area contributed by atoms with Crippen molar-refractivity contribution < 1.29 is 4.79 Å². The summed E-state index contributed by atoms with van der Waals surface area (Å²) in [6, 6.07) is 5.65. The Kier molecular flexibility index (Phi) is 4.42. The fourth-order valence-electron chi connectivity index (χ4n) is 2.49. The van der Waals surface area contributed by atoms with Gasteiger partial charge in [0.1, 0.15) is 11.0 Å². The smallest absolute Gasteiger partial charge is 0.242 e. The zero-order valence-electron chi connectivity index (χ0n) is 10.6. The average molecular weight is 342 g/mol. The molecule has 1 aliphatic rings. The highest BCUT2D eigenvalue weighted by Gasteiger charge is 2.32. The van der Waals surface area contributed by atoms with Crippen LogP contribution in [0.4, 0.5) is 5.69 Å². The number of carbonyl (C=O) groups excluding carboxylic acids is 1. The van der Waals surface area contributed by atoms with Crippen molar-refractivity contribution in [1.82, 2.24) is 5.32 Å². The second kappa shape index (κ2) is 5.88. The van der Waals surface area contributed by atoms with Crippen molar-refractivity contribution in [2.45, 2.75) is 18.9 Å². The van der Waals surface area contributed by atoms with E-state index in [1.807, 2.05) is 18.2 Å². The normalized spacial score (nSPS) is 18.4. The Morgan fingerprint density at radius 3 is 2.95 bits per heavy atom. The van der Waals surface area contributed by atoms with Crippen LogP contribution in [0.15, 0.2) is 22.7 Å². The number of hydrogen-bond acceptors (Lipinski definition) is 3. The van der Waals surface area contributed by atoms with Crippen molar-refractivity contribution in [1.29, 1.82) is 0 Å². The second-order valence-corrected chi connectivity index (χ2v) is 5.76. The Hall–Kier alpha value is -1.14. The SMILES string of the molecule is CNC(=O)C1CCCN1c1cccc(Br)c1C(N)=S. The van der Waals surface area contributed by atoms with Gasteiger partial charge in [-0.25, -0.2) is 0 Å². The molecule has 0 aromatic heterocycles. The lowest BCUT2D eigenvalue weighted by Crippen LogP contribution is -2.42. The maximum Gasteiger partial charge on any atom is 0.242 e. The molecule has 0 spiro atoms. The fourth-order valence-corrected chi connectivity index (χ4v) is 3.41. The van der Waals surface area contributed by atoms with E-state index in [9.17, 15) is 4.79 Å². The molecule has 1 fully saturated rings. The molecule has 1 saturated heterocycles. The lowest BCUT2D eigenvalue weighted by molar-refractivity contribution is -0.121. The Morgan fingerprint density at radius 1 is 1.58 bits per heavy atom. The Balaban J connectivity index is 2.44. The van der Waals surface area contributed by atoms with E-state index in [-0.39, 0.29) is 11.9 Å². The number of benzene rings is 1. The van der Waals surface area contributed by atoms with Crippen LogP contribution in [0.25, 0.3) is 0 Å². The third-order valence-electron chi connectivity index (χ3n) is 3.35. The summed E-state index contributed by atoms with van der Waals surface area (Å²) in [6.45, 7) is 0.837. The van der Waals surface area contributed by atoms with Crippen LogP contribution >= 0.6 is 28.1 Å². The second-order valence-electron chi connectivity index (χ2n) is 4.46. The topological polar surface area (TPSA) is 58.4 Å². The van der Waals surface area contributed by atoms with Crippen LogP contribution in [0.1, 0.15) is 18.4 Å². The van der Waals surface area contributed by atoms with Gasteiger partial charge in [-0.1, -0.05) is 18.3 Å². The van der Waals surface area contributed by atoms with Gasteiger partial charge in [0.05, 0.1) is 0 Å². The van der Waals surface area contributed by atoms with Gasteiger partial charge in [0, 0.05) is 29.3 Å². The van der Waals surface area contributed by atoms with Gasteiger partial charge in [-0.15, -0.1) is 0 Å². The van der Waals surface area contributed by atoms with Gasteiger partial charge in [-0.05, 0) is 40.9 Å². The van der Waals surface area contributed by atoms with Crippen LogP contribution in [-0.4, -0.2) is 30.5 Å². The minimum absolute atomic E-state index is 0.0337. The maximum atomic E-state index is 11.9. The molecule has 0 aliphatic carbocycles. The first-order chi connectivity index (χ1) is 9.06. The Bertz CT molecular complexity index is 521. The zero-order valence-corrected chi connectivity index (χ0v) is 13.1. The average Bonchev–Trinajstić information content (AvgIpc) is 2.86. The monoisotopic (exact) mass is 341 g/mol. The summed E-state index contributed by atoms with van der Waals surface area (Å²) in [6.07, 6.45) is 1.84. The molecule has 6 heteroatoms. The highest BCUT2D eigenvalue weighted by Crippen LogP contribution is 2.32. The van der Waals surface area contributed by atoms with Gasteiger partial charge in [-0.2, -0.15) is 0 Å². The van der Waals surface area contributed by atoms with Crippen LogP contribution in [0.5, 0.6) is 0 Å². The molecule has 1 atom stereocenters. The molecule has 0 radical (unpaired) electrons. The summed E-state index contributed by atoms with van der Waals surface area (Å²) in [4.78, 5) is 14.4. The largest absolute Gasteiger partial charge is 0.389 e. The van der Waals surface area contributed by atoms with E-state index in [0.717, 1.165) is 35.1 Å². The van der Waals surface area contributed by atoms with Gasteiger partial charge >= 0.3 is 0 Å². The van der Waals surface area contributed by atoms with Crippen molar-refractivity contribution >= 4 is 44.7 Å². The molecular formula is C13H16BrN3OS. The van der Waals surface area contributed by atoms with E-state index in [4.69, 9.17) is 18.0 Å². The van der Waals surface area contributed by atoms with Crippen LogP contribution in [-0.2, 0) is 4.79 Å². The van der Waals surface area contributed by atoms with Gasteiger partial charge in [0.25, 0.3) is 0 Å². The van der Waals surface area contributed by atoms with Crippen molar-refractivity contribution in [3.8, 4) is 0 Å². The van der Waals surface area contributed by atoms with Crippen LogP contribution in [0.2, 0.25) is 0 Å². The van der Waals surface area contributed by atoms with E-state index in [1.165, 1.54) is 0 Å². The summed E-state index contributed by atoms with van der Waals surface area (Å²) in [7, 11) is 1.66. The van der Waals surface area contributed by atoms with E-state index < -0.39 is 0 Å². The molecule has 0 saturated carbocycles. The number of carbonyl (C=O) groups is 1. The van der Waals surface area contributed by atoms with Crippen molar-refractivity contribution in [3.63, 3.8) is 0 Å². The fraction of sp³-hybridized carbons (Fsp3) is 0.385. The van der Waals surface area contributed by atoms with Crippen LogP contribution in [0.3, 0.4) is 0 Å². The lowest BCUT2D eigenvalue weighted by atomic mass is 10.1. The number of anilines is 1. The predicted octanol–water partition coefficient (Wildman–Crippen LogP) is 1.80. The molecule has 1 aliphatic heterocycles. The van der Waals surface area contributed by atoms with E-state index in [1.54, 1.807) is 7.05 Å². The summed E-state index contributed by atoms with van der Waals surface area (Å²) < 4.78 is 0.861. The van der Waals surface area contributed by atoms with Crippen molar-refractivity contribution in [3.05, 3.63) is 28.2 Å². The van der Waals surface area contributed by atoms with Crippen LogP contribution in [0, 0.1) is 0 Å². The first kappa shape index (κ1) is 14.3. The van der Waals surface area contributed by atoms with Crippen molar-refractivity contribution in [2.24, 2.45) is 5.73 Å². The van der Waals surface area contributed by atoms with E-state index >= 15 is 0 Å². The molecule has 1 heterocycles. The molecule has 4 nitrogen and oxygen atoms in total. The summed E-state index contributed by atoms with van der Waals surface area (Å²) in [5.41, 5.74) is 7.53. The molecule has 19 heavy (non-hydrogen) atoms. The predicted molar refractivity (Wildman–Crippen MR) is 84.5 cm³/mol. The number of hydrogen-bond donors (Lipinski definition) is 2. The number of thiocarbonyl (C=S) groups is 1. The standard InChI is InChI=1S/C13H16BrN3OS/c1-16-13(18)10-6-3-7-17(10)9-5-2-4-8(14)11(9)12(15)19/h2,4-5,10H,3,6-7H2,1H3,(H2,15,19)(H,16,18). The molecular weight excluding hydrogens is 326 g/mol. The molecule has 102 valence electrons. The number of nitrogens with zero attached hydrogens (tertiary/aromatic N) is 1. The van der Waals surface area contributed by atoms with Crippen molar-refractivity contribution in [2.75, 3.05) is 18.5 Å². The highest BCUT2D eigenvalue weighted by atomic mass is 79.9. The minimum atomic E-state index is -0.146. The quantitative estimate of drug-likeness (QED) is 0.823. The molecule has 0 bridgehead atoms. The van der Waals surface area contributed by atoms with E-state index in [2.05, 4.69) is 26.1 Å². The third kappa shape index (κ3) is 2.74. The number of halogens is 1. The molecule has 1 amide bonds. The highest BCUT2D eigenvalue weighted by molar-refractivity contribution is 9.10. The number of likely N-dealkylation sites (N-methyl/N-ethyl adjacent to an activating group) is 1. The number of rotatable bonds is 3. The van der Waals surface area contributed by atoms with Gasteiger partial charge in [0.2, 0.25) is 5.91 Å². The summed E-state index contributed by atoms with van der Waals surface area (Å²) in [5, 5.41) is 2.71. The van der Waals surface area contributed by atoms with Gasteiger partial charge in [-0.3, -0.25) is 4.79 Å². The van der Waals surface area contributed by atoms with Gasteiger partial charge in [0.15, 0.2) is 0 Å². The third-order valence-corrected chi connectivity index (χ3v) is 4.21. The number of amides is 1. The van der Waals surface area contributed by atoms with Gasteiger partial charge < -0.3 is 16.0 Å². The zero-order chi connectivity index (χ0) is 14.0. The maximum absolute atomic E-state index is 11.9. The lowest BCUT2D eigenvalue weighted by Gasteiger charge is -2.28. The number of nitrogens with one attached hydrogen (secondary N) is 1. The Morgan fingerprint density at radius 2 is 2.32 bits per heavy atom. The van der Waals surface area contributed by atoms with E-state index in [0.29, 0.717) is 4.99 Å². The first-order valence-corrected chi connectivity index (χ1v) is 7.33. The summed E-state index contributed by atoms with van der Waals surface area (Å²) >= 11 is 8.60. The molecule has 2 rings (SSSR count). The number of nitrogens with two attached hydrogens (primary N) is 1. The van der Waals surface area contributed by atoms with Crippen LogP contribution < -0.4 is 16.0 Å². The summed E-state index contributed by atoms with van der Waals surface area (Å²) in [5.74, 6) is 0.0337. The molecule has 1 aromatic carbocycles. The Labute approximate surface area is 126 Å². The first-order valence-electron chi connectivity index (χ1n) is 6.12. The molecule has 1 unspecified atom stereocenters.